The van der Waals surface area contributed by atoms with Gasteiger partial charge in [0.25, 0.3) is 0 Å². The molecule has 0 N–H and O–H groups in total. The van der Waals surface area contributed by atoms with Crippen molar-refractivity contribution in [2.45, 2.75) is 19.8 Å². The van der Waals surface area contributed by atoms with E-state index in [1.165, 1.54) is 11.1 Å². The highest BCUT2D eigenvalue weighted by Gasteiger charge is 2.27. The van der Waals surface area contributed by atoms with Crippen molar-refractivity contribution >= 4 is 27.7 Å². The Morgan fingerprint density at radius 3 is 2.17 bits per heavy atom. The summed E-state index contributed by atoms with van der Waals surface area (Å²) in [6, 6.07) is 22.4. The molecule has 1 heteroatoms. The molecular weight excluding hydrogens is 280 g/mol. The molecule has 3 aromatic carbocycles. The van der Waals surface area contributed by atoms with Gasteiger partial charge in [-0.05, 0) is 28.5 Å². The second kappa shape index (κ2) is 5.51. The molecule has 0 unspecified atom stereocenters. The number of allylic oxidation sites excluding steroid dienone is 2. The minimum absolute atomic E-state index is 0.156. The largest absolute Gasteiger partial charge is 0.289 e. The van der Waals surface area contributed by atoms with Gasteiger partial charge in [-0.3, -0.25) is 4.79 Å². The van der Waals surface area contributed by atoms with E-state index in [9.17, 15) is 4.79 Å². The van der Waals surface area contributed by atoms with Crippen LogP contribution >= 0.6 is 0 Å². The molecule has 3 aromatic rings. The number of Topliss-reactive ketones (excluding diaryl/α,β-unsaturated/α-hetero) is 1. The second-order valence-corrected chi connectivity index (χ2v) is 6.01. The van der Waals surface area contributed by atoms with Gasteiger partial charge < -0.3 is 0 Å². The van der Waals surface area contributed by atoms with E-state index in [-0.39, 0.29) is 5.78 Å². The molecular formula is C22H18O. The van der Waals surface area contributed by atoms with Crippen LogP contribution in [0.15, 0.2) is 66.7 Å². The first kappa shape index (κ1) is 14.0. The van der Waals surface area contributed by atoms with E-state index < -0.39 is 0 Å². The third kappa shape index (κ3) is 2.12. The number of hydrogen-bond acceptors (Lipinski definition) is 1. The van der Waals surface area contributed by atoms with Crippen LogP contribution < -0.4 is 0 Å². The zero-order valence-electron chi connectivity index (χ0n) is 13.2. The zero-order chi connectivity index (χ0) is 15.8. The van der Waals surface area contributed by atoms with Gasteiger partial charge >= 0.3 is 0 Å². The molecule has 0 aromatic heterocycles. The molecule has 0 amide bonds. The molecule has 0 fully saturated rings. The molecule has 1 aliphatic carbocycles. The van der Waals surface area contributed by atoms with Crippen LogP contribution in [0.5, 0.6) is 0 Å². The minimum atomic E-state index is 0.156. The van der Waals surface area contributed by atoms with Crippen molar-refractivity contribution in [3.8, 4) is 0 Å². The van der Waals surface area contributed by atoms with Crippen molar-refractivity contribution in [3.63, 3.8) is 0 Å². The van der Waals surface area contributed by atoms with Crippen LogP contribution in [-0.2, 0) is 0 Å². The van der Waals surface area contributed by atoms with Crippen molar-refractivity contribution in [3.05, 3.63) is 83.4 Å². The fourth-order valence-corrected chi connectivity index (χ4v) is 3.61. The van der Waals surface area contributed by atoms with Crippen molar-refractivity contribution in [1.82, 2.24) is 0 Å². The Labute approximate surface area is 136 Å². The first-order chi connectivity index (χ1) is 11.3. The Morgan fingerprint density at radius 1 is 0.783 bits per heavy atom. The highest BCUT2D eigenvalue weighted by atomic mass is 16.1. The number of rotatable bonds is 3. The van der Waals surface area contributed by atoms with Gasteiger partial charge in [0.1, 0.15) is 0 Å². The summed E-state index contributed by atoms with van der Waals surface area (Å²) in [5, 5.41) is 2.26. The first-order valence-electron chi connectivity index (χ1n) is 8.16. The predicted molar refractivity (Wildman–Crippen MR) is 96.4 cm³/mol. The maximum absolute atomic E-state index is 13.2. The van der Waals surface area contributed by atoms with E-state index in [1.807, 2.05) is 42.5 Å². The normalized spacial score (nSPS) is 13.7. The average Bonchev–Trinajstić information content (AvgIpc) is 2.60. The van der Waals surface area contributed by atoms with E-state index in [2.05, 4.69) is 31.2 Å². The third-order valence-electron chi connectivity index (χ3n) is 4.57. The first-order valence-corrected chi connectivity index (χ1v) is 8.16. The molecule has 1 nitrogen and oxygen atoms in total. The lowest BCUT2D eigenvalue weighted by atomic mass is 9.79. The number of carbonyl (C=O) groups is 1. The predicted octanol–water partition coefficient (Wildman–Crippen LogP) is 5.75. The molecule has 0 heterocycles. The molecule has 0 radical (unpaired) electrons. The van der Waals surface area contributed by atoms with Gasteiger partial charge in [-0.25, -0.2) is 0 Å². The molecule has 4 rings (SSSR count). The maximum atomic E-state index is 13.2. The highest BCUT2D eigenvalue weighted by Crippen LogP contribution is 2.41. The number of carbonyl (C=O) groups excluding carboxylic acids is 1. The molecule has 0 spiro atoms. The van der Waals surface area contributed by atoms with Gasteiger partial charge in [0.15, 0.2) is 5.78 Å². The van der Waals surface area contributed by atoms with Crippen LogP contribution in [0.1, 0.15) is 41.3 Å². The van der Waals surface area contributed by atoms with Crippen molar-refractivity contribution < 1.29 is 4.79 Å². The summed E-state index contributed by atoms with van der Waals surface area (Å²) < 4.78 is 0. The molecule has 0 atom stereocenters. The third-order valence-corrected chi connectivity index (χ3v) is 4.57. The zero-order valence-corrected chi connectivity index (χ0v) is 13.2. The Kier molecular flexibility index (Phi) is 3.34. The van der Waals surface area contributed by atoms with E-state index >= 15 is 0 Å². The highest BCUT2D eigenvalue weighted by molar-refractivity contribution is 6.40. The Bertz CT molecular complexity index is 927. The van der Waals surface area contributed by atoms with Gasteiger partial charge in [-0.2, -0.15) is 0 Å². The maximum Gasteiger partial charge on any atom is 0.194 e. The Hall–Kier alpha value is -2.67. The van der Waals surface area contributed by atoms with Crippen molar-refractivity contribution in [2.75, 3.05) is 0 Å². The molecule has 0 saturated carbocycles. The number of hydrogen-bond donors (Lipinski definition) is 0. The van der Waals surface area contributed by atoms with Crippen LogP contribution in [0.4, 0.5) is 0 Å². The fourth-order valence-electron chi connectivity index (χ4n) is 3.61. The Balaban J connectivity index is 2.10. The van der Waals surface area contributed by atoms with Crippen LogP contribution in [0.3, 0.4) is 0 Å². The summed E-state index contributed by atoms with van der Waals surface area (Å²) in [6.45, 7) is 2.17. The quantitative estimate of drug-likeness (QED) is 0.602. The topological polar surface area (TPSA) is 17.1 Å². The lowest BCUT2D eigenvalue weighted by Gasteiger charge is -2.23. The van der Waals surface area contributed by atoms with Crippen molar-refractivity contribution in [2.24, 2.45) is 0 Å². The molecule has 23 heavy (non-hydrogen) atoms. The molecule has 0 aliphatic heterocycles. The van der Waals surface area contributed by atoms with E-state index in [0.717, 1.165) is 40.3 Å². The van der Waals surface area contributed by atoms with E-state index in [1.54, 1.807) is 0 Å². The summed E-state index contributed by atoms with van der Waals surface area (Å²) >= 11 is 0. The van der Waals surface area contributed by atoms with Crippen molar-refractivity contribution in [1.29, 1.82) is 0 Å². The molecule has 112 valence electrons. The molecule has 1 aliphatic rings. The standard InChI is InChI=1S/C22H18O/c1-2-8-17-18-13-6-11-15-12-7-14-19(20(15)18)22(23)21(17)16-9-4-3-5-10-16/h3-7,9-14H,2,8H2,1H3. The lowest BCUT2D eigenvalue weighted by molar-refractivity contribution is 0.105. The van der Waals surface area contributed by atoms with Gasteiger partial charge in [0, 0.05) is 16.5 Å². The number of benzene rings is 3. The summed E-state index contributed by atoms with van der Waals surface area (Å²) in [6.07, 6.45) is 1.95. The monoisotopic (exact) mass is 298 g/mol. The number of ketones is 1. The Morgan fingerprint density at radius 2 is 1.48 bits per heavy atom. The van der Waals surface area contributed by atoms with E-state index in [4.69, 9.17) is 0 Å². The lowest BCUT2D eigenvalue weighted by Crippen LogP contribution is -2.12. The van der Waals surface area contributed by atoms with Crippen LogP contribution in [0, 0.1) is 0 Å². The smallest absolute Gasteiger partial charge is 0.194 e. The van der Waals surface area contributed by atoms with Gasteiger partial charge in [0.05, 0.1) is 0 Å². The average molecular weight is 298 g/mol. The SMILES string of the molecule is CCCC1=C(c2ccccc2)C(=O)c2cccc3cccc1c23. The minimum Gasteiger partial charge on any atom is -0.289 e. The van der Waals surface area contributed by atoms with Gasteiger partial charge in [-0.15, -0.1) is 0 Å². The summed E-state index contributed by atoms with van der Waals surface area (Å²) in [5.74, 6) is 0.156. The van der Waals surface area contributed by atoms with E-state index in [0.29, 0.717) is 0 Å². The molecule has 0 saturated heterocycles. The van der Waals surface area contributed by atoms with Crippen LogP contribution in [0.25, 0.3) is 21.9 Å². The summed E-state index contributed by atoms with van der Waals surface area (Å²) in [4.78, 5) is 13.2. The molecule has 0 bridgehead atoms. The summed E-state index contributed by atoms with van der Waals surface area (Å²) in [7, 11) is 0. The van der Waals surface area contributed by atoms with Crippen LogP contribution in [-0.4, -0.2) is 5.78 Å². The van der Waals surface area contributed by atoms with Gasteiger partial charge in [-0.1, -0.05) is 80.1 Å². The second-order valence-electron chi connectivity index (χ2n) is 6.01. The summed E-state index contributed by atoms with van der Waals surface area (Å²) in [5.41, 5.74) is 5.13. The van der Waals surface area contributed by atoms with Crippen LogP contribution in [0.2, 0.25) is 0 Å². The fraction of sp³-hybridized carbons (Fsp3) is 0.136. The van der Waals surface area contributed by atoms with Gasteiger partial charge in [0.2, 0.25) is 0 Å².